The van der Waals surface area contributed by atoms with Gasteiger partial charge in [0.2, 0.25) is 5.91 Å². The first-order valence-electron chi connectivity index (χ1n) is 5.05. The second-order valence-electron chi connectivity index (χ2n) is 4.76. The van der Waals surface area contributed by atoms with Crippen molar-refractivity contribution in [1.29, 1.82) is 0 Å². The van der Waals surface area contributed by atoms with Crippen LogP contribution in [0.4, 0.5) is 0 Å². The van der Waals surface area contributed by atoms with Crippen LogP contribution in [0.15, 0.2) is 0 Å². The first-order valence-corrected chi connectivity index (χ1v) is 5.05. The fourth-order valence-corrected chi connectivity index (χ4v) is 1.21. The maximum Gasteiger partial charge on any atom is 0.239 e. The summed E-state index contributed by atoms with van der Waals surface area (Å²) in [6.45, 7) is 7.85. The number of nitrogens with one attached hydrogen (secondary N) is 1. The SMILES string of the molecule is CCC(C)(N)C(=O)NCC1(C)COC1. The summed E-state index contributed by atoms with van der Waals surface area (Å²) < 4.78 is 5.10. The van der Waals surface area contributed by atoms with Gasteiger partial charge in [0.15, 0.2) is 0 Å². The lowest BCUT2D eigenvalue weighted by Gasteiger charge is -2.38. The Labute approximate surface area is 85.2 Å². The van der Waals surface area contributed by atoms with E-state index < -0.39 is 5.54 Å². The van der Waals surface area contributed by atoms with Crippen molar-refractivity contribution in [3.63, 3.8) is 0 Å². The standard InChI is InChI=1S/C10H20N2O2/c1-4-10(3,11)8(13)12-5-9(2)6-14-7-9/h4-7,11H2,1-3H3,(H,12,13). The lowest BCUT2D eigenvalue weighted by Crippen LogP contribution is -2.56. The first-order chi connectivity index (χ1) is 6.40. The summed E-state index contributed by atoms with van der Waals surface area (Å²) in [4.78, 5) is 11.6. The summed E-state index contributed by atoms with van der Waals surface area (Å²) in [5.74, 6) is -0.0758. The monoisotopic (exact) mass is 200 g/mol. The molecule has 1 heterocycles. The van der Waals surface area contributed by atoms with E-state index in [1.807, 2.05) is 6.92 Å². The minimum Gasteiger partial charge on any atom is -0.380 e. The Morgan fingerprint density at radius 1 is 1.64 bits per heavy atom. The van der Waals surface area contributed by atoms with Crippen molar-refractivity contribution in [2.24, 2.45) is 11.1 Å². The second-order valence-corrected chi connectivity index (χ2v) is 4.76. The molecule has 0 radical (unpaired) electrons. The number of hydrogen-bond donors (Lipinski definition) is 2. The molecular weight excluding hydrogens is 180 g/mol. The van der Waals surface area contributed by atoms with Crippen LogP contribution in [0.25, 0.3) is 0 Å². The molecule has 1 amide bonds. The predicted molar refractivity (Wildman–Crippen MR) is 54.8 cm³/mol. The fourth-order valence-electron chi connectivity index (χ4n) is 1.21. The molecule has 14 heavy (non-hydrogen) atoms. The van der Waals surface area contributed by atoms with Gasteiger partial charge in [0, 0.05) is 12.0 Å². The van der Waals surface area contributed by atoms with E-state index in [0.29, 0.717) is 13.0 Å². The minimum absolute atomic E-state index is 0.0758. The third-order valence-corrected chi connectivity index (χ3v) is 2.83. The maximum absolute atomic E-state index is 11.6. The number of carbonyl (C=O) groups excluding carboxylic acids is 1. The highest BCUT2D eigenvalue weighted by Crippen LogP contribution is 2.25. The van der Waals surface area contributed by atoms with E-state index in [4.69, 9.17) is 10.5 Å². The van der Waals surface area contributed by atoms with Crippen LogP contribution in [0.5, 0.6) is 0 Å². The fraction of sp³-hybridized carbons (Fsp3) is 0.900. The first kappa shape index (κ1) is 11.5. The average molecular weight is 200 g/mol. The van der Waals surface area contributed by atoms with E-state index in [9.17, 15) is 4.79 Å². The van der Waals surface area contributed by atoms with E-state index in [-0.39, 0.29) is 11.3 Å². The van der Waals surface area contributed by atoms with Gasteiger partial charge in [0.05, 0.1) is 18.8 Å². The molecule has 1 rings (SSSR count). The lowest BCUT2D eigenvalue weighted by molar-refractivity contribution is -0.131. The van der Waals surface area contributed by atoms with E-state index in [1.165, 1.54) is 0 Å². The van der Waals surface area contributed by atoms with Gasteiger partial charge in [0.1, 0.15) is 0 Å². The van der Waals surface area contributed by atoms with E-state index in [0.717, 1.165) is 13.2 Å². The Hall–Kier alpha value is -0.610. The van der Waals surface area contributed by atoms with Crippen LogP contribution in [0, 0.1) is 5.41 Å². The average Bonchev–Trinajstić information content (AvgIpc) is 2.11. The molecule has 4 nitrogen and oxygen atoms in total. The topological polar surface area (TPSA) is 64.4 Å². The molecule has 0 saturated carbocycles. The van der Waals surface area contributed by atoms with Gasteiger partial charge in [-0.15, -0.1) is 0 Å². The Morgan fingerprint density at radius 2 is 2.21 bits per heavy atom. The number of ether oxygens (including phenoxy) is 1. The number of nitrogens with two attached hydrogens (primary N) is 1. The van der Waals surface area contributed by atoms with Crippen molar-refractivity contribution >= 4 is 5.91 Å². The van der Waals surface area contributed by atoms with Crippen LogP contribution in [-0.2, 0) is 9.53 Å². The summed E-state index contributed by atoms with van der Waals surface area (Å²) >= 11 is 0. The van der Waals surface area contributed by atoms with Gasteiger partial charge in [-0.05, 0) is 13.3 Å². The zero-order chi connectivity index (χ0) is 10.8. The Kier molecular flexibility index (Phi) is 3.17. The molecule has 0 aliphatic carbocycles. The highest BCUT2D eigenvalue weighted by atomic mass is 16.5. The Bertz CT molecular complexity index is 222. The highest BCUT2D eigenvalue weighted by Gasteiger charge is 2.35. The molecule has 1 atom stereocenters. The zero-order valence-corrected chi connectivity index (χ0v) is 9.22. The summed E-state index contributed by atoms with van der Waals surface area (Å²) in [6.07, 6.45) is 0.645. The molecule has 1 aliphatic rings. The third-order valence-electron chi connectivity index (χ3n) is 2.83. The second kappa shape index (κ2) is 3.87. The molecule has 1 aliphatic heterocycles. The Balaban J connectivity index is 2.34. The molecule has 1 unspecified atom stereocenters. The van der Waals surface area contributed by atoms with E-state index >= 15 is 0 Å². The molecule has 0 aromatic rings. The molecule has 4 heteroatoms. The van der Waals surface area contributed by atoms with Gasteiger partial charge in [0.25, 0.3) is 0 Å². The molecule has 0 spiro atoms. The van der Waals surface area contributed by atoms with Crippen molar-refractivity contribution in [2.75, 3.05) is 19.8 Å². The normalized spacial score (nSPS) is 23.4. The minimum atomic E-state index is -0.749. The van der Waals surface area contributed by atoms with Crippen molar-refractivity contribution < 1.29 is 9.53 Å². The van der Waals surface area contributed by atoms with Gasteiger partial charge in [-0.2, -0.15) is 0 Å². The van der Waals surface area contributed by atoms with Crippen LogP contribution in [0.2, 0.25) is 0 Å². The maximum atomic E-state index is 11.6. The van der Waals surface area contributed by atoms with Crippen LogP contribution in [-0.4, -0.2) is 31.2 Å². The quantitative estimate of drug-likeness (QED) is 0.684. The van der Waals surface area contributed by atoms with Crippen LogP contribution in [0.3, 0.4) is 0 Å². The summed E-state index contributed by atoms with van der Waals surface area (Å²) in [7, 11) is 0. The highest BCUT2D eigenvalue weighted by molar-refractivity contribution is 5.85. The summed E-state index contributed by atoms with van der Waals surface area (Å²) in [5.41, 5.74) is 5.17. The number of carbonyl (C=O) groups is 1. The molecule has 3 N–H and O–H groups in total. The molecule has 82 valence electrons. The van der Waals surface area contributed by atoms with Crippen LogP contribution in [0.1, 0.15) is 27.2 Å². The number of rotatable bonds is 4. The molecular formula is C10H20N2O2. The number of amides is 1. The number of hydrogen-bond acceptors (Lipinski definition) is 3. The third kappa shape index (κ3) is 2.45. The molecule has 0 bridgehead atoms. The summed E-state index contributed by atoms with van der Waals surface area (Å²) in [5, 5.41) is 2.87. The van der Waals surface area contributed by atoms with Gasteiger partial charge in [-0.3, -0.25) is 4.79 Å². The van der Waals surface area contributed by atoms with Gasteiger partial charge < -0.3 is 15.8 Å². The van der Waals surface area contributed by atoms with Crippen molar-refractivity contribution in [2.45, 2.75) is 32.7 Å². The van der Waals surface area contributed by atoms with Gasteiger partial charge in [-0.25, -0.2) is 0 Å². The Morgan fingerprint density at radius 3 is 2.57 bits per heavy atom. The molecule has 0 aromatic heterocycles. The van der Waals surface area contributed by atoms with E-state index in [2.05, 4.69) is 12.2 Å². The molecule has 0 aromatic carbocycles. The zero-order valence-electron chi connectivity index (χ0n) is 9.22. The van der Waals surface area contributed by atoms with Crippen LogP contribution >= 0.6 is 0 Å². The van der Waals surface area contributed by atoms with E-state index in [1.54, 1.807) is 6.92 Å². The predicted octanol–water partition coefficient (Wildman–Crippen LogP) is 0.267. The molecule has 1 fully saturated rings. The van der Waals surface area contributed by atoms with Gasteiger partial charge >= 0.3 is 0 Å². The van der Waals surface area contributed by atoms with Crippen molar-refractivity contribution in [3.05, 3.63) is 0 Å². The van der Waals surface area contributed by atoms with Crippen LogP contribution < -0.4 is 11.1 Å². The smallest absolute Gasteiger partial charge is 0.239 e. The van der Waals surface area contributed by atoms with Crippen molar-refractivity contribution in [1.82, 2.24) is 5.32 Å². The lowest BCUT2D eigenvalue weighted by atomic mass is 9.88. The van der Waals surface area contributed by atoms with Crippen molar-refractivity contribution in [3.8, 4) is 0 Å². The van der Waals surface area contributed by atoms with Gasteiger partial charge in [-0.1, -0.05) is 13.8 Å². The molecule has 1 saturated heterocycles. The largest absolute Gasteiger partial charge is 0.380 e. The summed E-state index contributed by atoms with van der Waals surface area (Å²) in [6, 6.07) is 0.